The van der Waals surface area contributed by atoms with Crippen molar-refractivity contribution in [2.45, 2.75) is 39.7 Å². The fraction of sp³-hybridized carbons (Fsp3) is 0.389. The lowest BCUT2D eigenvalue weighted by molar-refractivity contribution is -0.00180. The van der Waals surface area contributed by atoms with Crippen molar-refractivity contribution in [2.24, 2.45) is 5.16 Å². The van der Waals surface area contributed by atoms with Gasteiger partial charge >= 0.3 is 0 Å². The Morgan fingerprint density at radius 2 is 2.09 bits per heavy atom. The molecule has 0 bridgehead atoms. The van der Waals surface area contributed by atoms with E-state index in [4.69, 9.17) is 4.84 Å². The maximum absolute atomic E-state index is 12.7. The average molecular weight is 311 g/mol. The predicted octanol–water partition coefficient (Wildman–Crippen LogP) is 3.14. The third-order valence-electron chi connectivity index (χ3n) is 4.01. The first-order valence-electron chi connectivity index (χ1n) is 7.74. The number of pyridine rings is 1. The molecule has 1 N–H and O–H groups in total. The number of benzene rings is 1. The molecule has 0 fully saturated rings. The van der Waals surface area contributed by atoms with Crippen LogP contribution in [-0.4, -0.2) is 28.7 Å². The zero-order chi connectivity index (χ0) is 16.6. The first kappa shape index (κ1) is 15.5. The van der Waals surface area contributed by atoms with Crippen LogP contribution in [0.3, 0.4) is 0 Å². The Balaban J connectivity index is 1.85. The van der Waals surface area contributed by atoms with Crippen LogP contribution in [-0.2, 0) is 4.84 Å². The van der Waals surface area contributed by atoms with E-state index in [0.29, 0.717) is 12.1 Å². The minimum atomic E-state index is -0.465. The van der Waals surface area contributed by atoms with E-state index < -0.39 is 5.60 Å². The first-order valence-corrected chi connectivity index (χ1v) is 7.74. The third-order valence-corrected chi connectivity index (χ3v) is 4.01. The zero-order valence-corrected chi connectivity index (χ0v) is 13.9. The second kappa shape index (κ2) is 5.65. The molecule has 0 aliphatic carbocycles. The summed E-state index contributed by atoms with van der Waals surface area (Å²) in [5, 5.41) is 7.82. The summed E-state index contributed by atoms with van der Waals surface area (Å²) in [7, 11) is 0. The molecule has 1 aromatic heterocycles. The number of oxime groups is 1. The molecule has 0 radical (unpaired) electrons. The summed E-state index contributed by atoms with van der Waals surface area (Å²) in [5.74, 6) is -0.111. The SMILES string of the molecule is CC1=NO[C@@](C)(CNC(=O)c2cc(C)nc3ccc(C)cc23)C1. The van der Waals surface area contributed by atoms with Crippen LogP contribution >= 0.6 is 0 Å². The van der Waals surface area contributed by atoms with Gasteiger partial charge in [0.2, 0.25) is 0 Å². The van der Waals surface area contributed by atoms with Crippen LogP contribution in [0.4, 0.5) is 0 Å². The van der Waals surface area contributed by atoms with Gasteiger partial charge in [0, 0.05) is 17.5 Å². The average Bonchev–Trinajstić information content (AvgIpc) is 2.84. The van der Waals surface area contributed by atoms with Crippen molar-refractivity contribution in [2.75, 3.05) is 6.54 Å². The molecule has 23 heavy (non-hydrogen) atoms. The Bertz CT molecular complexity index is 813. The molecule has 5 heteroatoms. The molecule has 2 aromatic rings. The Morgan fingerprint density at radius 1 is 1.30 bits per heavy atom. The predicted molar refractivity (Wildman–Crippen MR) is 90.8 cm³/mol. The van der Waals surface area contributed by atoms with Gasteiger partial charge in [0.1, 0.15) is 0 Å². The van der Waals surface area contributed by atoms with E-state index in [-0.39, 0.29) is 5.91 Å². The van der Waals surface area contributed by atoms with Crippen LogP contribution in [0.15, 0.2) is 29.4 Å². The van der Waals surface area contributed by atoms with Crippen molar-refractivity contribution in [3.63, 3.8) is 0 Å². The van der Waals surface area contributed by atoms with Crippen LogP contribution in [0.5, 0.6) is 0 Å². The Morgan fingerprint density at radius 3 is 2.78 bits per heavy atom. The van der Waals surface area contributed by atoms with Crippen LogP contribution in [0, 0.1) is 13.8 Å². The molecule has 5 nitrogen and oxygen atoms in total. The highest BCUT2D eigenvalue weighted by atomic mass is 16.7. The maximum atomic E-state index is 12.7. The van der Waals surface area contributed by atoms with Crippen molar-refractivity contribution >= 4 is 22.5 Å². The van der Waals surface area contributed by atoms with E-state index in [1.54, 1.807) is 0 Å². The Hall–Kier alpha value is -2.43. The van der Waals surface area contributed by atoms with Crippen LogP contribution in [0.2, 0.25) is 0 Å². The smallest absolute Gasteiger partial charge is 0.252 e. The Labute approximate surface area is 135 Å². The number of nitrogens with zero attached hydrogens (tertiary/aromatic N) is 2. The van der Waals surface area contributed by atoms with Crippen LogP contribution in [0.1, 0.15) is 41.9 Å². The summed E-state index contributed by atoms with van der Waals surface area (Å²) in [4.78, 5) is 22.6. The number of carbonyl (C=O) groups excluding carboxylic acids is 1. The van der Waals surface area contributed by atoms with Crippen molar-refractivity contribution in [3.8, 4) is 0 Å². The van der Waals surface area contributed by atoms with E-state index in [1.807, 2.05) is 52.0 Å². The van der Waals surface area contributed by atoms with E-state index in [1.165, 1.54) is 0 Å². The van der Waals surface area contributed by atoms with Crippen molar-refractivity contribution in [3.05, 3.63) is 41.1 Å². The molecule has 1 amide bonds. The Kier molecular flexibility index (Phi) is 3.80. The largest absolute Gasteiger partial charge is 0.387 e. The van der Waals surface area contributed by atoms with E-state index in [2.05, 4.69) is 15.5 Å². The number of nitrogens with one attached hydrogen (secondary N) is 1. The number of fused-ring (bicyclic) bond motifs is 1. The van der Waals surface area contributed by atoms with Crippen molar-refractivity contribution in [1.82, 2.24) is 10.3 Å². The molecule has 1 aromatic carbocycles. The highest BCUT2D eigenvalue weighted by Crippen LogP contribution is 2.23. The standard InChI is InChI=1S/C18H21N3O2/c1-11-5-6-16-14(7-11)15(8-12(2)20-16)17(22)19-10-18(4)9-13(3)21-23-18/h5-8H,9-10H2,1-4H3,(H,19,22)/t18-/m1/s1. The number of aryl methyl sites for hydroxylation is 2. The minimum Gasteiger partial charge on any atom is -0.387 e. The normalized spacial score (nSPS) is 20.3. The summed E-state index contributed by atoms with van der Waals surface area (Å²) in [5.41, 5.74) is 3.90. The molecule has 120 valence electrons. The summed E-state index contributed by atoms with van der Waals surface area (Å²) in [6, 6.07) is 7.78. The van der Waals surface area contributed by atoms with Gasteiger partial charge in [0.25, 0.3) is 5.91 Å². The topological polar surface area (TPSA) is 63.6 Å². The second-order valence-corrected chi connectivity index (χ2v) is 6.56. The molecule has 0 spiro atoms. The van der Waals surface area contributed by atoms with Gasteiger partial charge in [0.05, 0.1) is 23.3 Å². The van der Waals surface area contributed by atoms with Crippen molar-refractivity contribution < 1.29 is 9.63 Å². The molecule has 0 unspecified atom stereocenters. The van der Waals surface area contributed by atoms with Crippen LogP contribution in [0.25, 0.3) is 10.9 Å². The van der Waals surface area contributed by atoms with Gasteiger partial charge in [-0.3, -0.25) is 9.78 Å². The second-order valence-electron chi connectivity index (χ2n) is 6.56. The van der Waals surface area contributed by atoms with Crippen molar-refractivity contribution in [1.29, 1.82) is 0 Å². The van der Waals surface area contributed by atoms with Gasteiger partial charge in [-0.2, -0.15) is 0 Å². The first-order chi connectivity index (χ1) is 10.9. The molecule has 0 saturated heterocycles. The minimum absolute atomic E-state index is 0.111. The number of hydrogen-bond donors (Lipinski definition) is 1. The van der Waals surface area contributed by atoms with E-state index >= 15 is 0 Å². The van der Waals surface area contributed by atoms with Crippen LogP contribution < -0.4 is 5.32 Å². The summed E-state index contributed by atoms with van der Waals surface area (Å²) < 4.78 is 0. The summed E-state index contributed by atoms with van der Waals surface area (Å²) in [6.45, 7) is 8.20. The molecular formula is C18H21N3O2. The lowest BCUT2D eigenvalue weighted by Crippen LogP contribution is -2.40. The number of carbonyl (C=O) groups is 1. The van der Waals surface area contributed by atoms with Gasteiger partial charge in [-0.15, -0.1) is 0 Å². The number of amides is 1. The fourth-order valence-corrected chi connectivity index (χ4v) is 2.91. The van der Waals surface area contributed by atoms with Gasteiger partial charge < -0.3 is 10.2 Å². The molecule has 1 aliphatic rings. The number of rotatable bonds is 3. The highest BCUT2D eigenvalue weighted by molar-refractivity contribution is 6.06. The van der Waals surface area contributed by atoms with Gasteiger partial charge in [0.15, 0.2) is 5.60 Å². The van der Waals surface area contributed by atoms with Gasteiger partial charge in [-0.05, 0) is 45.9 Å². The summed E-state index contributed by atoms with van der Waals surface area (Å²) >= 11 is 0. The molecular weight excluding hydrogens is 290 g/mol. The lowest BCUT2D eigenvalue weighted by Gasteiger charge is -2.22. The maximum Gasteiger partial charge on any atom is 0.252 e. The quantitative estimate of drug-likeness (QED) is 0.947. The van der Waals surface area contributed by atoms with Gasteiger partial charge in [-0.1, -0.05) is 16.8 Å². The van der Waals surface area contributed by atoms with E-state index in [0.717, 1.165) is 34.3 Å². The van der Waals surface area contributed by atoms with E-state index in [9.17, 15) is 4.79 Å². The fourth-order valence-electron chi connectivity index (χ4n) is 2.91. The highest BCUT2D eigenvalue weighted by Gasteiger charge is 2.33. The van der Waals surface area contributed by atoms with Gasteiger partial charge in [-0.25, -0.2) is 0 Å². The monoisotopic (exact) mass is 311 g/mol. The molecule has 1 aliphatic heterocycles. The molecule has 3 rings (SSSR count). The third kappa shape index (κ3) is 3.18. The molecule has 2 heterocycles. The molecule has 0 saturated carbocycles. The molecule has 1 atom stereocenters. The lowest BCUT2D eigenvalue weighted by atomic mass is 10.00. The number of hydrogen-bond acceptors (Lipinski definition) is 4. The number of aromatic nitrogens is 1. The summed E-state index contributed by atoms with van der Waals surface area (Å²) in [6.07, 6.45) is 0.725. The zero-order valence-electron chi connectivity index (χ0n) is 13.9.